The Hall–Kier alpha value is -2.79. The van der Waals surface area contributed by atoms with Crippen LogP contribution in [0.2, 0.25) is 0 Å². The molecule has 3 aromatic rings. The first kappa shape index (κ1) is 22.9. The number of hydrogen-bond donors (Lipinski definition) is 0. The lowest BCUT2D eigenvalue weighted by Gasteiger charge is -2.09. The smallest absolute Gasteiger partial charge is 0.167 e. The van der Waals surface area contributed by atoms with Gasteiger partial charge in [0.25, 0.3) is 0 Å². The minimum atomic E-state index is -0.0323. The molecule has 0 N–H and O–H groups in total. The molecule has 0 aliphatic carbocycles. The molecule has 0 fully saturated rings. The lowest BCUT2D eigenvalue weighted by atomic mass is 10.0. The first-order valence-corrected chi connectivity index (χ1v) is 11.4. The zero-order valence-corrected chi connectivity index (χ0v) is 19.6. The van der Waals surface area contributed by atoms with E-state index in [0.717, 1.165) is 21.8 Å². The van der Waals surface area contributed by atoms with Crippen LogP contribution in [0.5, 0.6) is 5.75 Å². The molecule has 2 aromatic carbocycles. The number of ether oxygens (including phenoxy) is 1. The van der Waals surface area contributed by atoms with Crippen LogP contribution >= 0.6 is 11.3 Å². The molecule has 0 radical (unpaired) electrons. The summed E-state index contributed by atoms with van der Waals surface area (Å²) in [6.45, 7) is 9.78. The molecule has 31 heavy (non-hydrogen) atoms. The van der Waals surface area contributed by atoms with E-state index in [1.807, 2.05) is 13.0 Å². The van der Waals surface area contributed by atoms with Crippen LogP contribution in [0.4, 0.5) is 0 Å². The summed E-state index contributed by atoms with van der Waals surface area (Å²) in [7, 11) is 0. The maximum absolute atomic E-state index is 12.8. The van der Waals surface area contributed by atoms with Crippen LogP contribution in [0.1, 0.15) is 65.2 Å². The van der Waals surface area contributed by atoms with Crippen molar-refractivity contribution < 1.29 is 14.3 Å². The minimum absolute atomic E-state index is 0.0323. The van der Waals surface area contributed by atoms with Crippen molar-refractivity contribution in [3.8, 4) is 16.3 Å². The van der Waals surface area contributed by atoms with E-state index in [9.17, 15) is 9.59 Å². The summed E-state index contributed by atoms with van der Waals surface area (Å²) in [5.41, 5.74) is 4.95. The maximum atomic E-state index is 12.8. The molecular weight excluding hydrogens is 406 g/mol. The van der Waals surface area contributed by atoms with E-state index >= 15 is 0 Å². The second-order valence-corrected chi connectivity index (χ2v) is 9.33. The van der Waals surface area contributed by atoms with Crippen LogP contribution in [0.25, 0.3) is 10.6 Å². The van der Waals surface area contributed by atoms with Crippen molar-refractivity contribution in [3.63, 3.8) is 0 Å². The van der Waals surface area contributed by atoms with Crippen molar-refractivity contribution >= 4 is 22.9 Å². The first-order chi connectivity index (χ1) is 14.7. The highest BCUT2D eigenvalue weighted by Gasteiger charge is 2.17. The molecule has 1 heterocycles. The third kappa shape index (κ3) is 5.88. The molecule has 0 bridgehead atoms. The summed E-state index contributed by atoms with van der Waals surface area (Å²) in [5.74, 6) is 1.01. The van der Waals surface area contributed by atoms with Gasteiger partial charge in [0.05, 0.1) is 5.69 Å². The number of carbonyl (C=O) groups excluding carboxylic acids is 2. The summed E-state index contributed by atoms with van der Waals surface area (Å²) < 4.78 is 5.49. The summed E-state index contributed by atoms with van der Waals surface area (Å²) in [4.78, 5) is 30.0. The van der Waals surface area contributed by atoms with Gasteiger partial charge in [0.15, 0.2) is 11.6 Å². The van der Waals surface area contributed by atoms with Crippen molar-refractivity contribution in [3.05, 3.63) is 69.7 Å². The van der Waals surface area contributed by atoms with Gasteiger partial charge in [0.2, 0.25) is 0 Å². The Balaban J connectivity index is 1.73. The predicted molar refractivity (Wildman–Crippen MR) is 126 cm³/mol. The van der Waals surface area contributed by atoms with Crippen LogP contribution in [0.3, 0.4) is 0 Å². The molecule has 4 nitrogen and oxygen atoms in total. The fourth-order valence-corrected chi connectivity index (χ4v) is 4.57. The molecule has 0 atom stereocenters. The summed E-state index contributed by atoms with van der Waals surface area (Å²) >= 11 is 1.68. The topological polar surface area (TPSA) is 56.3 Å². The fraction of sp³-hybridized carbons (Fsp3) is 0.346. The maximum Gasteiger partial charge on any atom is 0.167 e. The zero-order valence-electron chi connectivity index (χ0n) is 18.8. The quantitative estimate of drug-likeness (QED) is 0.368. The second kappa shape index (κ2) is 10.0. The van der Waals surface area contributed by atoms with E-state index < -0.39 is 0 Å². The van der Waals surface area contributed by atoms with E-state index in [1.165, 1.54) is 17.4 Å². The summed E-state index contributed by atoms with van der Waals surface area (Å²) in [6, 6.07) is 13.8. The second-order valence-electron chi connectivity index (χ2n) is 8.24. The Morgan fingerprint density at radius 3 is 2.39 bits per heavy atom. The number of benzene rings is 2. The highest BCUT2D eigenvalue weighted by Crippen LogP contribution is 2.33. The van der Waals surface area contributed by atoms with Crippen molar-refractivity contribution in [2.24, 2.45) is 0 Å². The van der Waals surface area contributed by atoms with Crippen LogP contribution in [-0.4, -0.2) is 23.2 Å². The van der Waals surface area contributed by atoms with E-state index in [2.05, 4.69) is 45.0 Å². The van der Waals surface area contributed by atoms with Crippen molar-refractivity contribution in [2.45, 2.75) is 53.4 Å². The Morgan fingerprint density at radius 2 is 1.77 bits per heavy atom. The van der Waals surface area contributed by atoms with Crippen LogP contribution < -0.4 is 4.74 Å². The number of hydrogen-bond acceptors (Lipinski definition) is 5. The molecule has 0 saturated carbocycles. The number of ketones is 2. The molecule has 0 spiro atoms. The van der Waals surface area contributed by atoms with Gasteiger partial charge in [-0.2, -0.15) is 0 Å². The lowest BCUT2D eigenvalue weighted by molar-refractivity contribution is -0.118. The predicted octanol–water partition coefficient (Wildman–Crippen LogP) is 6.33. The van der Waals surface area contributed by atoms with E-state index in [0.29, 0.717) is 30.1 Å². The minimum Gasteiger partial charge on any atom is -0.486 e. The summed E-state index contributed by atoms with van der Waals surface area (Å²) in [5, 5.41) is 1.01. The van der Waals surface area contributed by atoms with Gasteiger partial charge >= 0.3 is 0 Å². The van der Waals surface area contributed by atoms with Crippen LogP contribution in [0, 0.1) is 13.8 Å². The first-order valence-electron chi connectivity index (χ1n) is 10.6. The van der Waals surface area contributed by atoms with Gasteiger partial charge in [-0.1, -0.05) is 43.7 Å². The molecule has 0 aliphatic rings. The average Bonchev–Trinajstić information content (AvgIpc) is 3.16. The Labute approximate surface area is 188 Å². The van der Waals surface area contributed by atoms with E-state index in [1.54, 1.807) is 23.5 Å². The fourth-order valence-electron chi connectivity index (χ4n) is 3.35. The van der Waals surface area contributed by atoms with Gasteiger partial charge in [-0.3, -0.25) is 9.59 Å². The third-order valence-electron chi connectivity index (χ3n) is 5.08. The highest BCUT2D eigenvalue weighted by molar-refractivity contribution is 7.15. The largest absolute Gasteiger partial charge is 0.486 e. The molecule has 0 aliphatic heterocycles. The number of aryl methyl sites for hydroxylation is 3. The van der Waals surface area contributed by atoms with E-state index in [-0.39, 0.29) is 18.2 Å². The van der Waals surface area contributed by atoms with Gasteiger partial charge in [-0.05, 0) is 56.9 Å². The Kier molecular flexibility index (Phi) is 7.39. The average molecular weight is 436 g/mol. The monoisotopic (exact) mass is 435 g/mol. The normalized spacial score (nSPS) is 11.0. The number of Topliss-reactive ketones (excluding diaryl/α,β-unsaturated/α-hetero) is 2. The molecule has 0 amide bonds. The number of thiazole rings is 1. The number of aromatic nitrogens is 1. The Bertz CT molecular complexity index is 1080. The van der Waals surface area contributed by atoms with Gasteiger partial charge in [0, 0.05) is 22.4 Å². The number of rotatable bonds is 9. The van der Waals surface area contributed by atoms with Crippen molar-refractivity contribution in [1.29, 1.82) is 0 Å². The van der Waals surface area contributed by atoms with E-state index in [4.69, 9.17) is 9.72 Å². The number of nitrogens with zero attached hydrogens (tertiary/aromatic N) is 1. The number of carbonyl (C=O) groups is 2. The van der Waals surface area contributed by atoms with Gasteiger partial charge in [-0.15, -0.1) is 11.3 Å². The summed E-state index contributed by atoms with van der Waals surface area (Å²) in [6.07, 6.45) is 1.11. The van der Waals surface area contributed by atoms with Crippen LogP contribution in [0.15, 0.2) is 42.5 Å². The molecular formula is C26H29NO3S. The molecule has 0 saturated heterocycles. The van der Waals surface area contributed by atoms with Crippen molar-refractivity contribution in [1.82, 2.24) is 4.98 Å². The van der Waals surface area contributed by atoms with Gasteiger partial charge in [-0.25, -0.2) is 4.98 Å². The lowest BCUT2D eigenvalue weighted by Crippen LogP contribution is -2.08. The molecule has 162 valence electrons. The van der Waals surface area contributed by atoms with Crippen LogP contribution in [-0.2, 0) is 11.2 Å². The third-order valence-corrected chi connectivity index (χ3v) is 6.26. The molecule has 3 rings (SSSR count). The zero-order chi connectivity index (χ0) is 22.5. The SMILES string of the molecule is CC(=O)COc1ccc(C(=O)CCc2sc(-c3ccc(C)cc3)nc2C(C)C)cc1C. The van der Waals surface area contributed by atoms with Gasteiger partial charge < -0.3 is 4.74 Å². The standard InChI is InChI=1S/C26H29NO3S/c1-16(2)25-24(31-26(27-25)20-8-6-17(3)7-9-20)13-11-22(29)21-10-12-23(18(4)14-21)30-15-19(5)28/h6-10,12,14,16H,11,13,15H2,1-5H3. The van der Waals surface area contributed by atoms with Crippen molar-refractivity contribution in [2.75, 3.05) is 6.61 Å². The van der Waals surface area contributed by atoms with Gasteiger partial charge in [0.1, 0.15) is 17.4 Å². The molecule has 0 unspecified atom stereocenters. The Morgan fingerprint density at radius 1 is 1.06 bits per heavy atom. The molecule has 1 aromatic heterocycles. The molecule has 5 heteroatoms. The highest BCUT2D eigenvalue weighted by atomic mass is 32.1.